The summed E-state index contributed by atoms with van der Waals surface area (Å²) in [5.41, 5.74) is 2.20. The molecule has 1 heterocycles. The quantitative estimate of drug-likeness (QED) is 0.409. The second kappa shape index (κ2) is 9.10. The van der Waals surface area contributed by atoms with Gasteiger partial charge in [0.15, 0.2) is 0 Å². The summed E-state index contributed by atoms with van der Waals surface area (Å²) >= 11 is 0. The van der Waals surface area contributed by atoms with Gasteiger partial charge in [-0.3, -0.25) is 4.79 Å². The highest BCUT2D eigenvalue weighted by Gasteiger charge is 2.16. The molecule has 0 saturated carbocycles. The average Bonchev–Trinajstić information content (AvgIpc) is 3.12. The van der Waals surface area contributed by atoms with E-state index in [1.165, 1.54) is 12.1 Å². The number of primary sulfonamides is 1. The van der Waals surface area contributed by atoms with Crippen molar-refractivity contribution in [2.75, 3.05) is 0 Å². The highest BCUT2D eigenvalue weighted by Crippen LogP contribution is 2.22. The zero-order chi connectivity index (χ0) is 22.7. The molecule has 8 heteroatoms. The molecule has 32 heavy (non-hydrogen) atoms. The second-order valence-corrected chi connectivity index (χ2v) is 9.27. The number of carbonyl (C=O) groups excluding carboxylic acids is 1. The van der Waals surface area contributed by atoms with Gasteiger partial charge in [0.2, 0.25) is 10.0 Å². The molecule has 0 aliphatic heterocycles. The number of sulfonamides is 1. The molecule has 166 valence electrons. The number of nitrogens with two attached hydrogens (primary N) is 1. The van der Waals surface area contributed by atoms with Crippen LogP contribution < -0.4 is 5.14 Å². The topological polar surface area (TPSA) is 104 Å². The third-order valence-electron chi connectivity index (χ3n) is 5.44. The number of aromatic nitrogens is 2. The van der Waals surface area contributed by atoms with Crippen LogP contribution in [0, 0.1) is 0 Å². The molecule has 0 aliphatic carbocycles. The lowest BCUT2D eigenvalue weighted by atomic mass is 10.0. The molecule has 4 rings (SSSR count). The van der Waals surface area contributed by atoms with Gasteiger partial charge in [-0.2, -0.15) is 0 Å². The number of imidazole rings is 1. The zero-order valence-corrected chi connectivity index (χ0v) is 18.6. The standard InChI is InChI=1S/C24H25N3O4S/c1-2-3-13-27-22-12-11-19(32(25,29)30)15-21(22)26-23(27)16-31-24(28)14-18-9-6-8-17-7-4-5-10-20(17)18/h4-12,15H,2-3,13-14,16H2,1H3,(H2,25,29,30). The van der Waals surface area contributed by atoms with Crippen molar-refractivity contribution in [3.05, 3.63) is 72.1 Å². The van der Waals surface area contributed by atoms with Crippen LogP contribution in [-0.2, 0) is 39.1 Å². The third kappa shape index (κ3) is 4.66. The SMILES string of the molecule is CCCCn1c(COC(=O)Cc2cccc3ccccc23)nc2cc(S(N)(=O)=O)ccc21. The van der Waals surface area contributed by atoms with Gasteiger partial charge in [-0.05, 0) is 41.0 Å². The molecule has 4 aromatic rings. The van der Waals surface area contributed by atoms with Crippen LogP contribution >= 0.6 is 0 Å². The van der Waals surface area contributed by atoms with Gasteiger partial charge < -0.3 is 9.30 Å². The molecule has 0 unspecified atom stereocenters. The van der Waals surface area contributed by atoms with E-state index in [2.05, 4.69) is 11.9 Å². The van der Waals surface area contributed by atoms with Crippen LogP contribution in [0.3, 0.4) is 0 Å². The Morgan fingerprint density at radius 1 is 1.09 bits per heavy atom. The lowest BCUT2D eigenvalue weighted by Gasteiger charge is -2.10. The molecule has 0 fully saturated rings. The van der Waals surface area contributed by atoms with Crippen LogP contribution in [-0.4, -0.2) is 23.9 Å². The molecule has 0 saturated heterocycles. The fraction of sp³-hybridized carbons (Fsp3) is 0.250. The third-order valence-corrected chi connectivity index (χ3v) is 6.35. The number of benzene rings is 3. The maximum Gasteiger partial charge on any atom is 0.310 e. The van der Waals surface area contributed by atoms with Gasteiger partial charge in [0.1, 0.15) is 12.4 Å². The number of ether oxygens (including phenoxy) is 1. The van der Waals surface area contributed by atoms with Crippen LogP contribution in [0.25, 0.3) is 21.8 Å². The van der Waals surface area contributed by atoms with Crippen LogP contribution in [0.1, 0.15) is 31.2 Å². The Morgan fingerprint density at radius 2 is 1.88 bits per heavy atom. The minimum absolute atomic E-state index is 0.00430. The monoisotopic (exact) mass is 451 g/mol. The fourth-order valence-electron chi connectivity index (χ4n) is 3.81. The molecule has 0 spiro atoms. The Bertz CT molecular complexity index is 1390. The highest BCUT2D eigenvalue weighted by molar-refractivity contribution is 7.89. The minimum Gasteiger partial charge on any atom is -0.457 e. The van der Waals surface area contributed by atoms with Crippen molar-refractivity contribution < 1.29 is 17.9 Å². The van der Waals surface area contributed by atoms with E-state index in [-0.39, 0.29) is 23.9 Å². The van der Waals surface area contributed by atoms with E-state index in [1.807, 2.05) is 47.0 Å². The first-order chi connectivity index (χ1) is 15.4. The smallest absolute Gasteiger partial charge is 0.310 e. The summed E-state index contributed by atoms with van der Waals surface area (Å²) in [6.45, 7) is 2.78. The van der Waals surface area contributed by atoms with E-state index in [0.29, 0.717) is 17.9 Å². The number of fused-ring (bicyclic) bond motifs is 2. The molecule has 7 nitrogen and oxygen atoms in total. The lowest BCUT2D eigenvalue weighted by molar-refractivity contribution is -0.144. The number of nitrogens with zero attached hydrogens (tertiary/aromatic N) is 2. The predicted octanol–water partition coefficient (Wildman–Crippen LogP) is 3.92. The van der Waals surface area contributed by atoms with Crippen molar-refractivity contribution in [2.45, 2.75) is 44.2 Å². The highest BCUT2D eigenvalue weighted by atomic mass is 32.2. The van der Waals surface area contributed by atoms with E-state index >= 15 is 0 Å². The number of aryl methyl sites for hydroxylation is 1. The molecule has 0 amide bonds. The van der Waals surface area contributed by atoms with Crippen molar-refractivity contribution in [3.63, 3.8) is 0 Å². The van der Waals surface area contributed by atoms with Crippen molar-refractivity contribution >= 4 is 37.8 Å². The second-order valence-electron chi connectivity index (χ2n) is 7.70. The average molecular weight is 452 g/mol. The van der Waals surface area contributed by atoms with E-state index in [0.717, 1.165) is 34.7 Å². The van der Waals surface area contributed by atoms with Crippen LogP contribution in [0.4, 0.5) is 0 Å². The summed E-state index contributed by atoms with van der Waals surface area (Å²) in [6, 6.07) is 18.4. The number of hydrogen-bond acceptors (Lipinski definition) is 5. The number of carbonyl (C=O) groups is 1. The molecule has 0 atom stereocenters. The van der Waals surface area contributed by atoms with Crippen LogP contribution in [0.15, 0.2) is 65.6 Å². The molecule has 1 aromatic heterocycles. The summed E-state index contributed by atoms with van der Waals surface area (Å²) in [7, 11) is -3.83. The Balaban J connectivity index is 1.56. The minimum atomic E-state index is -3.83. The first-order valence-corrected chi connectivity index (χ1v) is 12.1. The summed E-state index contributed by atoms with van der Waals surface area (Å²) < 4.78 is 30.9. The van der Waals surface area contributed by atoms with E-state index < -0.39 is 10.0 Å². The molecular formula is C24H25N3O4S. The Hall–Kier alpha value is -3.23. The number of unbranched alkanes of at least 4 members (excludes halogenated alkanes) is 1. The summed E-state index contributed by atoms with van der Waals surface area (Å²) in [5.74, 6) is 0.229. The van der Waals surface area contributed by atoms with Crippen molar-refractivity contribution in [2.24, 2.45) is 5.14 Å². The summed E-state index contributed by atoms with van der Waals surface area (Å²) in [5, 5.41) is 7.35. The Labute approximate surface area is 186 Å². The lowest BCUT2D eigenvalue weighted by Crippen LogP contribution is -2.12. The van der Waals surface area contributed by atoms with Gasteiger partial charge in [0, 0.05) is 6.54 Å². The fourth-order valence-corrected chi connectivity index (χ4v) is 4.34. The van der Waals surface area contributed by atoms with Crippen LogP contribution in [0.2, 0.25) is 0 Å². The van der Waals surface area contributed by atoms with E-state index in [1.54, 1.807) is 6.07 Å². The summed E-state index contributed by atoms with van der Waals surface area (Å²) in [4.78, 5) is 17.1. The maximum absolute atomic E-state index is 12.6. The molecule has 0 aliphatic rings. The van der Waals surface area contributed by atoms with Gasteiger partial charge in [-0.25, -0.2) is 18.5 Å². The molecular weight excluding hydrogens is 426 g/mol. The maximum atomic E-state index is 12.6. The number of hydrogen-bond donors (Lipinski definition) is 1. The molecule has 0 bridgehead atoms. The zero-order valence-electron chi connectivity index (χ0n) is 17.8. The summed E-state index contributed by atoms with van der Waals surface area (Å²) in [6.07, 6.45) is 2.06. The van der Waals surface area contributed by atoms with Crippen LogP contribution in [0.5, 0.6) is 0 Å². The largest absolute Gasteiger partial charge is 0.457 e. The van der Waals surface area contributed by atoms with Gasteiger partial charge in [0.25, 0.3) is 0 Å². The molecule has 3 aromatic carbocycles. The predicted molar refractivity (Wildman–Crippen MR) is 123 cm³/mol. The van der Waals surface area contributed by atoms with Crippen molar-refractivity contribution in [1.82, 2.24) is 9.55 Å². The van der Waals surface area contributed by atoms with Gasteiger partial charge >= 0.3 is 5.97 Å². The first-order valence-electron chi connectivity index (χ1n) is 10.5. The Kier molecular flexibility index (Phi) is 6.25. The normalized spacial score (nSPS) is 11.8. The Morgan fingerprint density at radius 3 is 2.66 bits per heavy atom. The molecule has 2 N–H and O–H groups in total. The van der Waals surface area contributed by atoms with Gasteiger partial charge in [-0.15, -0.1) is 0 Å². The first kappa shape index (κ1) is 22.0. The number of esters is 1. The number of rotatable bonds is 8. The van der Waals surface area contributed by atoms with Crippen molar-refractivity contribution in [1.29, 1.82) is 0 Å². The van der Waals surface area contributed by atoms with E-state index in [4.69, 9.17) is 9.88 Å². The molecule has 0 radical (unpaired) electrons. The van der Waals surface area contributed by atoms with E-state index in [9.17, 15) is 13.2 Å². The van der Waals surface area contributed by atoms with Gasteiger partial charge in [0.05, 0.1) is 22.3 Å². The van der Waals surface area contributed by atoms with Gasteiger partial charge in [-0.1, -0.05) is 55.8 Å². The van der Waals surface area contributed by atoms with Crippen molar-refractivity contribution in [3.8, 4) is 0 Å².